The lowest BCUT2D eigenvalue weighted by Crippen LogP contribution is -1.98. The van der Waals surface area contributed by atoms with E-state index in [1.54, 1.807) is 11.3 Å². The van der Waals surface area contributed by atoms with Crippen molar-refractivity contribution in [2.75, 3.05) is 6.54 Å². The molecular weight excluding hydrogens is 302 g/mol. The van der Waals surface area contributed by atoms with Gasteiger partial charge in [-0.1, -0.05) is 0 Å². The van der Waals surface area contributed by atoms with Gasteiger partial charge in [-0.15, -0.1) is 11.3 Å². The Kier molecular flexibility index (Phi) is 4.79. The zero-order valence-electron chi connectivity index (χ0n) is 6.65. The van der Waals surface area contributed by atoms with Crippen LogP contribution in [-0.2, 0) is 6.42 Å². The SMILES string of the molecule is NCCCCc1cc(Br)sc1Br. The molecule has 0 atom stereocenters. The largest absolute Gasteiger partial charge is 0.330 e. The van der Waals surface area contributed by atoms with Crippen LogP contribution in [0.2, 0.25) is 0 Å². The molecule has 1 aromatic heterocycles. The predicted molar refractivity (Wildman–Crippen MR) is 61.7 cm³/mol. The van der Waals surface area contributed by atoms with Gasteiger partial charge in [0.05, 0.1) is 7.57 Å². The molecule has 68 valence electrons. The first-order valence-corrected chi connectivity index (χ1v) is 6.28. The third kappa shape index (κ3) is 3.17. The van der Waals surface area contributed by atoms with Crippen molar-refractivity contribution in [3.05, 3.63) is 19.2 Å². The molecule has 1 aromatic rings. The molecule has 0 spiro atoms. The molecule has 0 saturated heterocycles. The van der Waals surface area contributed by atoms with Crippen LogP contribution >= 0.6 is 43.2 Å². The zero-order valence-corrected chi connectivity index (χ0v) is 10.6. The predicted octanol–water partition coefficient (Wildman–Crippen LogP) is 3.55. The minimum absolute atomic E-state index is 0.795. The van der Waals surface area contributed by atoms with E-state index in [0.29, 0.717) is 0 Å². The van der Waals surface area contributed by atoms with Crippen molar-refractivity contribution >= 4 is 43.2 Å². The normalized spacial score (nSPS) is 10.6. The molecule has 1 nitrogen and oxygen atoms in total. The highest BCUT2D eigenvalue weighted by atomic mass is 79.9. The minimum Gasteiger partial charge on any atom is -0.330 e. The van der Waals surface area contributed by atoms with Gasteiger partial charge in [-0.3, -0.25) is 0 Å². The van der Waals surface area contributed by atoms with Crippen molar-refractivity contribution in [3.8, 4) is 0 Å². The molecule has 0 aliphatic carbocycles. The number of halogens is 2. The van der Waals surface area contributed by atoms with Crippen LogP contribution < -0.4 is 5.73 Å². The first-order chi connectivity index (χ1) is 5.74. The number of aryl methyl sites for hydroxylation is 1. The summed E-state index contributed by atoms with van der Waals surface area (Å²) in [4.78, 5) is 0. The molecule has 0 unspecified atom stereocenters. The summed E-state index contributed by atoms with van der Waals surface area (Å²) in [5, 5.41) is 0. The molecule has 0 aliphatic heterocycles. The fraction of sp³-hybridized carbons (Fsp3) is 0.500. The number of hydrogen-bond donors (Lipinski definition) is 1. The molecule has 4 heteroatoms. The van der Waals surface area contributed by atoms with E-state index in [1.807, 2.05) is 0 Å². The van der Waals surface area contributed by atoms with Crippen molar-refractivity contribution < 1.29 is 0 Å². The second-order valence-corrected chi connectivity index (χ2v) is 6.34. The summed E-state index contributed by atoms with van der Waals surface area (Å²) in [6.07, 6.45) is 3.41. The summed E-state index contributed by atoms with van der Waals surface area (Å²) in [6, 6.07) is 2.17. The molecule has 0 saturated carbocycles. The number of nitrogens with two attached hydrogens (primary N) is 1. The second kappa shape index (κ2) is 5.37. The molecule has 12 heavy (non-hydrogen) atoms. The topological polar surface area (TPSA) is 26.0 Å². The van der Waals surface area contributed by atoms with E-state index in [2.05, 4.69) is 37.9 Å². The average Bonchev–Trinajstić information content (AvgIpc) is 2.31. The maximum atomic E-state index is 5.42. The summed E-state index contributed by atoms with van der Waals surface area (Å²) < 4.78 is 2.43. The lowest BCUT2D eigenvalue weighted by molar-refractivity contribution is 0.745. The van der Waals surface area contributed by atoms with Crippen LogP contribution in [-0.4, -0.2) is 6.54 Å². The molecule has 0 aliphatic rings. The average molecular weight is 313 g/mol. The van der Waals surface area contributed by atoms with Gasteiger partial charge in [-0.2, -0.15) is 0 Å². The monoisotopic (exact) mass is 311 g/mol. The third-order valence-corrected chi connectivity index (χ3v) is 4.09. The van der Waals surface area contributed by atoms with E-state index in [9.17, 15) is 0 Å². The Morgan fingerprint density at radius 3 is 2.58 bits per heavy atom. The quantitative estimate of drug-likeness (QED) is 0.845. The van der Waals surface area contributed by atoms with E-state index < -0.39 is 0 Å². The molecule has 0 amide bonds. The maximum absolute atomic E-state index is 5.42. The van der Waals surface area contributed by atoms with Gasteiger partial charge in [0, 0.05) is 0 Å². The highest BCUT2D eigenvalue weighted by Gasteiger charge is 2.03. The van der Waals surface area contributed by atoms with E-state index in [0.717, 1.165) is 19.4 Å². The Bertz CT molecular complexity index is 247. The number of unbranched alkanes of at least 4 members (excludes halogenated alkanes) is 1. The Hall–Kier alpha value is 0.620. The zero-order chi connectivity index (χ0) is 8.97. The minimum atomic E-state index is 0.795. The molecule has 0 bridgehead atoms. The van der Waals surface area contributed by atoms with Crippen LogP contribution in [0.3, 0.4) is 0 Å². The van der Waals surface area contributed by atoms with Gasteiger partial charge in [0.2, 0.25) is 0 Å². The molecule has 1 heterocycles. The van der Waals surface area contributed by atoms with Crippen molar-refractivity contribution in [2.24, 2.45) is 5.73 Å². The van der Waals surface area contributed by atoms with Crippen molar-refractivity contribution in [2.45, 2.75) is 19.3 Å². The Labute approximate surface area is 93.6 Å². The van der Waals surface area contributed by atoms with Crippen LogP contribution in [0.4, 0.5) is 0 Å². The van der Waals surface area contributed by atoms with Crippen LogP contribution in [0.5, 0.6) is 0 Å². The van der Waals surface area contributed by atoms with E-state index >= 15 is 0 Å². The lowest BCUT2D eigenvalue weighted by atomic mass is 10.1. The Morgan fingerprint density at radius 2 is 2.08 bits per heavy atom. The van der Waals surface area contributed by atoms with E-state index in [4.69, 9.17) is 5.73 Å². The maximum Gasteiger partial charge on any atom is 0.0742 e. The fourth-order valence-electron chi connectivity index (χ4n) is 1.00. The molecule has 1 rings (SSSR count). The first kappa shape index (κ1) is 10.7. The van der Waals surface area contributed by atoms with Crippen molar-refractivity contribution in [1.82, 2.24) is 0 Å². The molecule has 2 N–H and O–H groups in total. The van der Waals surface area contributed by atoms with Crippen LogP contribution in [0, 0.1) is 0 Å². The highest BCUT2D eigenvalue weighted by molar-refractivity contribution is 9.12. The molecule has 0 aromatic carbocycles. The van der Waals surface area contributed by atoms with Gasteiger partial charge >= 0.3 is 0 Å². The lowest BCUT2D eigenvalue weighted by Gasteiger charge is -1.96. The summed E-state index contributed by atoms with van der Waals surface area (Å²) in [5.41, 5.74) is 6.81. The summed E-state index contributed by atoms with van der Waals surface area (Å²) in [7, 11) is 0. The number of rotatable bonds is 4. The van der Waals surface area contributed by atoms with Gasteiger partial charge in [0.1, 0.15) is 0 Å². The standard InChI is InChI=1S/C8H11Br2NS/c9-7-5-6(8(10)12-7)3-1-2-4-11/h5H,1-4,11H2. The summed E-state index contributed by atoms with van der Waals surface area (Å²) >= 11 is 8.71. The van der Waals surface area contributed by atoms with Gasteiger partial charge in [-0.25, -0.2) is 0 Å². The van der Waals surface area contributed by atoms with Gasteiger partial charge < -0.3 is 5.73 Å². The van der Waals surface area contributed by atoms with Crippen LogP contribution in [0.15, 0.2) is 13.6 Å². The summed E-state index contributed by atoms with van der Waals surface area (Å²) in [6.45, 7) is 0.795. The Morgan fingerprint density at radius 1 is 1.33 bits per heavy atom. The molecular formula is C8H11Br2NS. The first-order valence-electron chi connectivity index (χ1n) is 3.88. The van der Waals surface area contributed by atoms with Crippen LogP contribution in [0.25, 0.3) is 0 Å². The van der Waals surface area contributed by atoms with Crippen molar-refractivity contribution in [3.63, 3.8) is 0 Å². The highest BCUT2D eigenvalue weighted by Crippen LogP contribution is 2.32. The van der Waals surface area contributed by atoms with Crippen LogP contribution in [0.1, 0.15) is 18.4 Å². The Balaban J connectivity index is 2.45. The third-order valence-electron chi connectivity index (χ3n) is 1.63. The van der Waals surface area contributed by atoms with E-state index in [-0.39, 0.29) is 0 Å². The number of hydrogen-bond acceptors (Lipinski definition) is 2. The van der Waals surface area contributed by atoms with E-state index in [1.165, 1.54) is 19.6 Å². The smallest absolute Gasteiger partial charge is 0.0742 e. The van der Waals surface area contributed by atoms with Gasteiger partial charge in [0.15, 0.2) is 0 Å². The molecule has 0 fully saturated rings. The van der Waals surface area contributed by atoms with Crippen molar-refractivity contribution in [1.29, 1.82) is 0 Å². The fourth-order valence-corrected chi connectivity index (χ4v) is 3.92. The molecule has 0 radical (unpaired) electrons. The summed E-state index contributed by atoms with van der Waals surface area (Å²) in [5.74, 6) is 0. The second-order valence-electron chi connectivity index (χ2n) is 2.60. The van der Waals surface area contributed by atoms with Gasteiger partial charge in [-0.05, 0) is 69.3 Å². The van der Waals surface area contributed by atoms with Gasteiger partial charge in [0.25, 0.3) is 0 Å². The number of thiophene rings is 1.